The van der Waals surface area contributed by atoms with Gasteiger partial charge in [0.2, 0.25) is 0 Å². The van der Waals surface area contributed by atoms with Gasteiger partial charge in [-0.1, -0.05) is 60.7 Å². The second-order valence-electron chi connectivity index (χ2n) is 6.34. The Morgan fingerprint density at radius 2 is 1.19 bits per heavy atom. The zero-order chi connectivity index (χ0) is 17.6. The van der Waals surface area contributed by atoms with Gasteiger partial charge >= 0.3 is 0 Å². The fraction of sp³-hybridized carbons (Fsp3) is 0.0833. The third-order valence-electron chi connectivity index (χ3n) is 4.57. The zero-order valence-corrected chi connectivity index (χ0v) is 14.5. The highest BCUT2D eigenvalue weighted by Gasteiger charge is 2.13. The van der Waals surface area contributed by atoms with Crippen molar-refractivity contribution in [3.8, 4) is 11.1 Å². The van der Waals surface area contributed by atoms with Crippen LogP contribution in [0.25, 0.3) is 11.1 Å². The first-order valence-electron chi connectivity index (χ1n) is 8.85. The summed E-state index contributed by atoms with van der Waals surface area (Å²) in [7, 11) is 0. The summed E-state index contributed by atoms with van der Waals surface area (Å²) < 4.78 is 0. The van der Waals surface area contributed by atoms with Crippen LogP contribution in [0.15, 0.2) is 97.5 Å². The van der Waals surface area contributed by atoms with Gasteiger partial charge in [-0.3, -0.25) is 9.97 Å². The Morgan fingerprint density at radius 1 is 0.577 bits per heavy atom. The first-order chi connectivity index (χ1) is 12.9. The normalized spacial score (nSPS) is 10.6. The van der Waals surface area contributed by atoms with E-state index in [4.69, 9.17) is 4.98 Å². The van der Waals surface area contributed by atoms with Crippen LogP contribution in [0.4, 0.5) is 0 Å². The predicted octanol–water partition coefficient (Wildman–Crippen LogP) is 5.33. The average Bonchev–Trinajstić information content (AvgIpc) is 2.71. The van der Waals surface area contributed by atoms with Gasteiger partial charge in [-0.05, 0) is 52.4 Å². The van der Waals surface area contributed by atoms with Crippen molar-refractivity contribution in [3.63, 3.8) is 0 Å². The van der Waals surface area contributed by atoms with Crippen molar-refractivity contribution in [2.75, 3.05) is 0 Å². The summed E-state index contributed by atoms with van der Waals surface area (Å²) in [6, 6.07) is 27.4. The van der Waals surface area contributed by atoms with Crippen molar-refractivity contribution >= 4 is 0 Å². The maximum atomic E-state index is 4.74. The number of nitrogens with zero attached hydrogens (tertiary/aromatic N) is 2. The van der Waals surface area contributed by atoms with Gasteiger partial charge in [0.05, 0.1) is 0 Å². The molecule has 0 spiro atoms. The molecule has 26 heavy (non-hydrogen) atoms. The van der Waals surface area contributed by atoms with Crippen molar-refractivity contribution in [1.29, 1.82) is 0 Å². The van der Waals surface area contributed by atoms with Crippen molar-refractivity contribution in [2.24, 2.45) is 0 Å². The molecule has 0 radical (unpaired) electrons. The van der Waals surface area contributed by atoms with E-state index < -0.39 is 0 Å². The van der Waals surface area contributed by atoms with Gasteiger partial charge < -0.3 is 0 Å². The Morgan fingerprint density at radius 3 is 1.85 bits per heavy atom. The minimum absolute atomic E-state index is 0.835. The summed E-state index contributed by atoms with van der Waals surface area (Å²) in [4.78, 5) is 8.90. The van der Waals surface area contributed by atoms with Crippen LogP contribution in [0, 0.1) is 0 Å². The van der Waals surface area contributed by atoms with E-state index in [1.807, 2.05) is 18.6 Å². The molecule has 2 aromatic heterocycles. The van der Waals surface area contributed by atoms with Crippen molar-refractivity contribution in [2.45, 2.75) is 12.8 Å². The van der Waals surface area contributed by atoms with Gasteiger partial charge in [0.25, 0.3) is 0 Å². The molecule has 0 amide bonds. The lowest BCUT2D eigenvalue weighted by Crippen LogP contribution is -2.03. The van der Waals surface area contributed by atoms with E-state index in [0.717, 1.165) is 18.5 Å². The van der Waals surface area contributed by atoms with Crippen LogP contribution < -0.4 is 0 Å². The summed E-state index contributed by atoms with van der Waals surface area (Å²) >= 11 is 0. The van der Waals surface area contributed by atoms with Crippen molar-refractivity contribution in [3.05, 3.63) is 120 Å². The molecule has 0 saturated carbocycles. The van der Waals surface area contributed by atoms with Crippen LogP contribution in [-0.4, -0.2) is 9.97 Å². The van der Waals surface area contributed by atoms with E-state index >= 15 is 0 Å². The molecule has 2 heteroatoms. The Balaban J connectivity index is 1.80. The Bertz CT molecular complexity index is 965. The highest BCUT2D eigenvalue weighted by molar-refractivity contribution is 5.68. The first-order valence-corrected chi connectivity index (χ1v) is 8.85. The molecule has 2 heterocycles. The number of pyridine rings is 2. The minimum atomic E-state index is 0.835. The molecule has 0 fully saturated rings. The molecular weight excluding hydrogens is 316 g/mol. The van der Waals surface area contributed by atoms with E-state index in [-0.39, 0.29) is 0 Å². The van der Waals surface area contributed by atoms with E-state index in [1.165, 1.54) is 27.8 Å². The van der Waals surface area contributed by atoms with Crippen LogP contribution in [0.5, 0.6) is 0 Å². The Hall–Kier alpha value is -3.26. The van der Waals surface area contributed by atoms with Crippen LogP contribution in [0.3, 0.4) is 0 Å². The quantitative estimate of drug-likeness (QED) is 0.492. The van der Waals surface area contributed by atoms with Gasteiger partial charge in [0.15, 0.2) is 0 Å². The largest absolute Gasteiger partial charge is 0.265 e. The Kier molecular flexibility index (Phi) is 4.83. The maximum absolute atomic E-state index is 4.74. The van der Waals surface area contributed by atoms with Crippen LogP contribution in [-0.2, 0) is 12.8 Å². The number of hydrogen-bond acceptors (Lipinski definition) is 2. The molecule has 0 aliphatic heterocycles. The molecule has 4 aromatic rings. The molecule has 0 atom stereocenters. The summed E-state index contributed by atoms with van der Waals surface area (Å²) in [5.74, 6) is 0. The third-order valence-corrected chi connectivity index (χ3v) is 4.57. The smallest absolute Gasteiger partial charge is 0.0488 e. The number of benzene rings is 2. The summed E-state index contributed by atoms with van der Waals surface area (Å²) in [6.45, 7) is 0. The van der Waals surface area contributed by atoms with Gasteiger partial charge in [0.1, 0.15) is 0 Å². The lowest BCUT2D eigenvalue weighted by molar-refractivity contribution is 1.01. The molecule has 0 aliphatic carbocycles. The van der Waals surface area contributed by atoms with Crippen molar-refractivity contribution < 1.29 is 0 Å². The predicted molar refractivity (Wildman–Crippen MR) is 106 cm³/mol. The lowest BCUT2D eigenvalue weighted by atomic mass is 9.92. The molecule has 2 nitrogen and oxygen atoms in total. The first kappa shape index (κ1) is 16.2. The van der Waals surface area contributed by atoms with Crippen molar-refractivity contribution in [1.82, 2.24) is 9.97 Å². The van der Waals surface area contributed by atoms with E-state index in [2.05, 4.69) is 83.8 Å². The van der Waals surface area contributed by atoms with Gasteiger partial charge in [0, 0.05) is 30.7 Å². The lowest BCUT2D eigenvalue weighted by Gasteiger charge is -2.15. The Labute approximate surface area is 154 Å². The molecule has 0 bridgehead atoms. The van der Waals surface area contributed by atoms with Crippen LogP contribution >= 0.6 is 0 Å². The molecule has 4 rings (SSSR count). The molecule has 0 saturated heterocycles. The summed E-state index contributed by atoms with van der Waals surface area (Å²) in [6.07, 6.45) is 7.32. The van der Waals surface area contributed by atoms with Gasteiger partial charge in [-0.2, -0.15) is 0 Å². The summed E-state index contributed by atoms with van der Waals surface area (Å²) in [5, 5.41) is 0. The SMILES string of the molecule is c1ccc(Cc2nccc(-c3ccncc3)c2Cc2ccccc2)cc1. The minimum Gasteiger partial charge on any atom is -0.265 e. The van der Waals surface area contributed by atoms with E-state index in [9.17, 15) is 0 Å². The fourth-order valence-corrected chi connectivity index (χ4v) is 3.28. The topological polar surface area (TPSA) is 25.8 Å². The van der Waals surface area contributed by atoms with E-state index in [1.54, 1.807) is 0 Å². The third kappa shape index (κ3) is 3.70. The molecule has 0 unspecified atom stereocenters. The second kappa shape index (κ2) is 7.75. The molecular formula is C24H20N2. The molecule has 2 aromatic carbocycles. The number of rotatable bonds is 5. The van der Waals surface area contributed by atoms with Crippen LogP contribution in [0.1, 0.15) is 22.4 Å². The van der Waals surface area contributed by atoms with Gasteiger partial charge in [-0.15, -0.1) is 0 Å². The average molecular weight is 336 g/mol. The second-order valence-corrected chi connectivity index (χ2v) is 6.34. The molecule has 0 N–H and O–H groups in total. The highest BCUT2D eigenvalue weighted by Crippen LogP contribution is 2.28. The van der Waals surface area contributed by atoms with Gasteiger partial charge in [-0.25, -0.2) is 0 Å². The zero-order valence-electron chi connectivity index (χ0n) is 14.5. The maximum Gasteiger partial charge on any atom is 0.0488 e. The summed E-state index contributed by atoms with van der Waals surface area (Å²) in [5.41, 5.74) is 7.41. The van der Waals surface area contributed by atoms with Crippen LogP contribution in [0.2, 0.25) is 0 Å². The van der Waals surface area contributed by atoms with E-state index in [0.29, 0.717) is 0 Å². The highest BCUT2D eigenvalue weighted by atomic mass is 14.7. The standard InChI is InChI=1S/C24H20N2/c1-3-7-19(8-4-1)17-23-22(21-11-14-25-15-12-21)13-16-26-24(23)18-20-9-5-2-6-10-20/h1-16H,17-18H2. The number of hydrogen-bond donors (Lipinski definition) is 0. The molecule has 0 aliphatic rings. The number of aromatic nitrogens is 2. The fourth-order valence-electron chi connectivity index (χ4n) is 3.28. The molecule has 126 valence electrons. The monoisotopic (exact) mass is 336 g/mol.